The standard InChI is InChI=1S/C14H24N4O3/c1-10-11(4-15-17(10)2)5-18-6-12(8-19)13(7-18)16-14(20)9-21-3/h4,12-13,19H,5-9H2,1-3H3,(H,16,20)/t12-,13+/m0/s1. The minimum Gasteiger partial charge on any atom is -0.396 e. The lowest BCUT2D eigenvalue weighted by atomic mass is 10.1. The zero-order valence-electron chi connectivity index (χ0n) is 12.9. The molecule has 0 aliphatic carbocycles. The van der Waals surface area contributed by atoms with Gasteiger partial charge in [-0.3, -0.25) is 14.4 Å². The van der Waals surface area contributed by atoms with E-state index < -0.39 is 0 Å². The van der Waals surface area contributed by atoms with E-state index in [1.807, 2.05) is 24.9 Å². The molecule has 1 amide bonds. The summed E-state index contributed by atoms with van der Waals surface area (Å²) in [5.74, 6) is -0.0804. The third kappa shape index (κ3) is 3.81. The van der Waals surface area contributed by atoms with Gasteiger partial charge in [0.1, 0.15) is 6.61 Å². The topological polar surface area (TPSA) is 79.6 Å². The van der Waals surface area contributed by atoms with E-state index in [2.05, 4.69) is 15.3 Å². The fourth-order valence-electron chi connectivity index (χ4n) is 2.76. The first kappa shape index (κ1) is 15.9. The number of likely N-dealkylation sites (tertiary alicyclic amines) is 1. The summed E-state index contributed by atoms with van der Waals surface area (Å²) in [6, 6.07) is -0.0328. The van der Waals surface area contributed by atoms with Crippen molar-refractivity contribution < 1.29 is 14.6 Å². The van der Waals surface area contributed by atoms with Crippen LogP contribution in [0.5, 0.6) is 0 Å². The number of rotatable bonds is 6. The van der Waals surface area contributed by atoms with Crippen molar-refractivity contribution in [1.82, 2.24) is 20.0 Å². The van der Waals surface area contributed by atoms with Crippen LogP contribution in [-0.2, 0) is 23.1 Å². The van der Waals surface area contributed by atoms with E-state index in [9.17, 15) is 9.90 Å². The number of amides is 1. The number of ether oxygens (including phenoxy) is 1. The first-order valence-corrected chi connectivity index (χ1v) is 7.14. The number of aliphatic hydroxyl groups is 1. The van der Waals surface area contributed by atoms with Crippen LogP contribution < -0.4 is 5.32 Å². The van der Waals surface area contributed by atoms with Crippen LogP contribution in [0.4, 0.5) is 0 Å². The molecule has 0 unspecified atom stereocenters. The minimum atomic E-state index is -0.139. The molecule has 7 nitrogen and oxygen atoms in total. The van der Waals surface area contributed by atoms with Crippen LogP contribution in [0.3, 0.4) is 0 Å². The van der Waals surface area contributed by atoms with E-state index in [0.717, 1.165) is 25.3 Å². The highest BCUT2D eigenvalue weighted by atomic mass is 16.5. The van der Waals surface area contributed by atoms with Crippen LogP contribution in [0.15, 0.2) is 6.20 Å². The van der Waals surface area contributed by atoms with Crippen LogP contribution in [0.2, 0.25) is 0 Å². The highest BCUT2D eigenvalue weighted by Crippen LogP contribution is 2.20. The Morgan fingerprint density at radius 2 is 2.33 bits per heavy atom. The molecule has 7 heteroatoms. The van der Waals surface area contributed by atoms with Crippen molar-refractivity contribution in [2.75, 3.05) is 33.4 Å². The summed E-state index contributed by atoms with van der Waals surface area (Å²) in [5.41, 5.74) is 2.32. The molecule has 118 valence electrons. The number of nitrogens with one attached hydrogen (secondary N) is 1. The second kappa shape index (κ2) is 7.02. The Labute approximate surface area is 124 Å². The van der Waals surface area contributed by atoms with Gasteiger partial charge in [0.05, 0.1) is 6.20 Å². The van der Waals surface area contributed by atoms with Crippen molar-refractivity contribution in [2.45, 2.75) is 19.5 Å². The van der Waals surface area contributed by atoms with Crippen LogP contribution in [-0.4, -0.2) is 65.1 Å². The van der Waals surface area contributed by atoms with Crippen molar-refractivity contribution in [3.8, 4) is 0 Å². The third-order valence-corrected chi connectivity index (χ3v) is 4.10. The maximum absolute atomic E-state index is 11.6. The molecule has 0 bridgehead atoms. The molecule has 0 aromatic carbocycles. The van der Waals surface area contributed by atoms with E-state index in [0.29, 0.717) is 0 Å². The second-order valence-corrected chi connectivity index (χ2v) is 5.62. The Bertz CT molecular complexity index is 489. The number of hydrogen-bond acceptors (Lipinski definition) is 5. The molecule has 1 fully saturated rings. The summed E-state index contributed by atoms with van der Waals surface area (Å²) >= 11 is 0. The summed E-state index contributed by atoms with van der Waals surface area (Å²) in [4.78, 5) is 13.9. The fourth-order valence-corrected chi connectivity index (χ4v) is 2.76. The van der Waals surface area contributed by atoms with Crippen molar-refractivity contribution in [1.29, 1.82) is 0 Å². The van der Waals surface area contributed by atoms with E-state index >= 15 is 0 Å². The summed E-state index contributed by atoms with van der Waals surface area (Å²) in [6.07, 6.45) is 1.88. The van der Waals surface area contributed by atoms with Gasteiger partial charge in [-0.25, -0.2) is 0 Å². The molecular weight excluding hydrogens is 272 g/mol. The molecule has 0 saturated carbocycles. The highest BCUT2D eigenvalue weighted by Gasteiger charge is 2.33. The van der Waals surface area contributed by atoms with E-state index in [-0.39, 0.29) is 31.1 Å². The van der Waals surface area contributed by atoms with Gasteiger partial charge in [-0.15, -0.1) is 0 Å². The van der Waals surface area contributed by atoms with E-state index in [1.54, 1.807) is 0 Å². The average molecular weight is 296 g/mol. The molecule has 2 heterocycles. The molecule has 1 aromatic rings. The number of hydrogen-bond donors (Lipinski definition) is 2. The molecule has 21 heavy (non-hydrogen) atoms. The van der Waals surface area contributed by atoms with Gasteiger partial charge in [0.25, 0.3) is 0 Å². The van der Waals surface area contributed by atoms with Gasteiger partial charge in [0.2, 0.25) is 5.91 Å². The molecule has 0 spiro atoms. The predicted octanol–water partition coefficient (Wildman–Crippen LogP) is -0.716. The molecule has 1 aliphatic heterocycles. The molecular formula is C14H24N4O3. The van der Waals surface area contributed by atoms with Crippen molar-refractivity contribution in [3.05, 3.63) is 17.5 Å². The maximum atomic E-state index is 11.6. The predicted molar refractivity (Wildman–Crippen MR) is 77.6 cm³/mol. The number of carbonyl (C=O) groups is 1. The maximum Gasteiger partial charge on any atom is 0.246 e. The lowest BCUT2D eigenvalue weighted by Gasteiger charge is -2.17. The van der Waals surface area contributed by atoms with E-state index in [1.165, 1.54) is 12.7 Å². The van der Waals surface area contributed by atoms with Crippen molar-refractivity contribution in [2.24, 2.45) is 13.0 Å². The zero-order valence-corrected chi connectivity index (χ0v) is 12.9. The van der Waals surface area contributed by atoms with Crippen LogP contribution in [0.1, 0.15) is 11.3 Å². The Kier molecular flexibility index (Phi) is 5.33. The largest absolute Gasteiger partial charge is 0.396 e. The monoisotopic (exact) mass is 296 g/mol. The lowest BCUT2D eigenvalue weighted by Crippen LogP contribution is -2.43. The van der Waals surface area contributed by atoms with Crippen LogP contribution in [0.25, 0.3) is 0 Å². The quantitative estimate of drug-likeness (QED) is 0.724. The van der Waals surface area contributed by atoms with Crippen molar-refractivity contribution in [3.63, 3.8) is 0 Å². The number of nitrogens with zero attached hydrogens (tertiary/aromatic N) is 3. The number of aliphatic hydroxyl groups excluding tert-OH is 1. The molecule has 1 aliphatic rings. The SMILES string of the molecule is COCC(=O)N[C@@H]1CN(Cc2cnn(C)c2C)C[C@H]1CO. The van der Waals surface area contributed by atoms with Gasteiger partial charge >= 0.3 is 0 Å². The molecule has 2 N–H and O–H groups in total. The van der Waals surface area contributed by atoms with Gasteiger partial charge in [0.15, 0.2) is 0 Å². The van der Waals surface area contributed by atoms with Crippen LogP contribution in [0, 0.1) is 12.8 Å². The first-order valence-electron chi connectivity index (χ1n) is 7.14. The Balaban J connectivity index is 1.95. The van der Waals surface area contributed by atoms with Gasteiger partial charge < -0.3 is 15.2 Å². The van der Waals surface area contributed by atoms with Crippen LogP contribution >= 0.6 is 0 Å². The summed E-state index contributed by atoms with van der Waals surface area (Å²) in [6.45, 7) is 4.45. The minimum absolute atomic E-state index is 0.0328. The Morgan fingerprint density at radius 1 is 1.57 bits per heavy atom. The molecule has 1 saturated heterocycles. The van der Waals surface area contributed by atoms with Gasteiger partial charge in [-0.05, 0) is 6.92 Å². The lowest BCUT2D eigenvalue weighted by molar-refractivity contribution is -0.125. The van der Waals surface area contributed by atoms with Crippen molar-refractivity contribution >= 4 is 5.91 Å². The second-order valence-electron chi connectivity index (χ2n) is 5.62. The number of aromatic nitrogens is 2. The highest BCUT2D eigenvalue weighted by molar-refractivity contribution is 5.77. The molecule has 1 aromatic heterocycles. The van der Waals surface area contributed by atoms with Gasteiger partial charge in [-0.1, -0.05) is 0 Å². The summed E-state index contributed by atoms with van der Waals surface area (Å²) in [7, 11) is 3.42. The van der Waals surface area contributed by atoms with Gasteiger partial charge in [0, 0.05) is 63.6 Å². The fraction of sp³-hybridized carbons (Fsp3) is 0.714. The molecule has 2 rings (SSSR count). The summed E-state index contributed by atoms with van der Waals surface area (Å²) in [5, 5.41) is 16.7. The zero-order chi connectivity index (χ0) is 15.4. The molecule has 2 atom stereocenters. The first-order chi connectivity index (χ1) is 10.0. The number of aryl methyl sites for hydroxylation is 1. The number of carbonyl (C=O) groups excluding carboxylic acids is 1. The Hall–Kier alpha value is -1.44. The molecule has 0 radical (unpaired) electrons. The summed E-state index contributed by atoms with van der Waals surface area (Å²) < 4.78 is 6.68. The smallest absolute Gasteiger partial charge is 0.246 e. The number of methoxy groups -OCH3 is 1. The third-order valence-electron chi connectivity index (χ3n) is 4.10. The normalized spacial score (nSPS) is 22.7. The Morgan fingerprint density at radius 3 is 2.90 bits per heavy atom. The van der Waals surface area contributed by atoms with E-state index in [4.69, 9.17) is 4.74 Å². The average Bonchev–Trinajstić information content (AvgIpc) is 2.97. The van der Waals surface area contributed by atoms with Gasteiger partial charge in [-0.2, -0.15) is 5.10 Å².